The van der Waals surface area contributed by atoms with Crippen LogP contribution in [0.2, 0.25) is 0 Å². The molecule has 0 aliphatic heterocycles. The molecule has 0 amide bonds. The van der Waals surface area contributed by atoms with Crippen molar-refractivity contribution in [1.82, 2.24) is 4.98 Å². The molecule has 1 aromatic carbocycles. The van der Waals surface area contributed by atoms with E-state index in [0.717, 1.165) is 28.1 Å². The van der Waals surface area contributed by atoms with Gasteiger partial charge in [0.25, 0.3) is 0 Å². The van der Waals surface area contributed by atoms with Gasteiger partial charge in [-0.1, -0.05) is 43.5 Å². The highest BCUT2D eigenvalue weighted by Gasteiger charge is 2.08. The summed E-state index contributed by atoms with van der Waals surface area (Å²) in [4.78, 5) is 6.38. The molecule has 0 saturated heterocycles. The van der Waals surface area contributed by atoms with Crippen molar-refractivity contribution < 1.29 is 0 Å². The molecule has 0 aliphatic carbocycles. The Bertz CT molecular complexity index is 667. The van der Waals surface area contributed by atoms with Crippen LogP contribution in [-0.2, 0) is 0 Å². The quantitative estimate of drug-likeness (QED) is 0.793. The van der Waals surface area contributed by atoms with Crippen molar-refractivity contribution in [3.05, 3.63) is 72.1 Å². The second kappa shape index (κ2) is 6.71. The number of hydrogen-bond acceptors (Lipinski definition) is 2. The lowest BCUT2D eigenvalue weighted by atomic mass is 9.98. The first-order valence-electron chi connectivity index (χ1n) is 6.85. The fourth-order valence-electron chi connectivity index (χ4n) is 2.27. The van der Waals surface area contributed by atoms with E-state index in [0.29, 0.717) is 0 Å². The smallest absolute Gasteiger partial charge is 0.0629 e. The van der Waals surface area contributed by atoms with E-state index in [1.165, 1.54) is 0 Å². The first-order chi connectivity index (χ1) is 10.2. The Morgan fingerprint density at radius 1 is 0.952 bits per heavy atom. The normalized spacial score (nSPS) is 10.6. The van der Waals surface area contributed by atoms with Gasteiger partial charge in [-0.2, -0.15) is 0 Å². The molecular weight excluding hydrogens is 256 g/mol. The van der Waals surface area contributed by atoms with Crippen molar-refractivity contribution in [2.75, 3.05) is 19.0 Å². The molecule has 1 heterocycles. The highest BCUT2D eigenvalue weighted by atomic mass is 15.1. The summed E-state index contributed by atoms with van der Waals surface area (Å²) < 4.78 is 0. The number of rotatable bonds is 5. The Labute approximate surface area is 126 Å². The van der Waals surface area contributed by atoms with Gasteiger partial charge in [-0.05, 0) is 35.4 Å². The number of nitrogens with zero attached hydrogens (tertiary/aromatic N) is 2. The first kappa shape index (κ1) is 14.8. The number of benzene rings is 1. The Kier molecular flexibility index (Phi) is 4.72. The number of pyridine rings is 1. The zero-order chi connectivity index (χ0) is 15.2. The van der Waals surface area contributed by atoms with Crippen LogP contribution in [0.3, 0.4) is 0 Å². The molecule has 21 heavy (non-hydrogen) atoms. The van der Waals surface area contributed by atoms with Crippen molar-refractivity contribution >= 4 is 30.0 Å². The molecule has 0 unspecified atom stereocenters. The summed E-state index contributed by atoms with van der Waals surface area (Å²) in [5, 5.41) is 0. The largest absolute Gasteiger partial charge is 0.377 e. The maximum Gasteiger partial charge on any atom is 0.0629 e. The number of anilines is 1. The van der Waals surface area contributed by atoms with Gasteiger partial charge in [0, 0.05) is 31.5 Å². The molecule has 1 aromatic heterocycles. The van der Waals surface area contributed by atoms with E-state index in [4.69, 9.17) is 0 Å². The summed E-state index contributed by atoms with van der Waals surface area (Å²) in [5.74, 6) is 0. The molecule has 2 heteroatoms. The maximum absolute atomic E-state index is 4.30. The predicted molar refractivity (Wildman–Crippen MR) is 94.1 cm³/mol. The van der Waals surface area contributed by atoms with Gasteiger partial charge in [0.1, 0.15) is 0 Å². The SMILES string of the molecule is C=Cc1c(/C=C/c2ccccn2)ccc(N(C)C)c1C=C. The van der Waals surface area contributed by atoms with Crippen molar-refractivity contribution in [2.24, 2.45) is 0 Å². The van der Waals surface area contributed by atoms with E-state index in [-0.39, 0.29) is 0 Å². The zero-order valence-electron chi connectivity index (χ0n) is 12.6. The van der Waals surface area contributed by atoms with Crippen molar-refractivity contribution in [3.63, 3.8) is 0 Å². The summed E-state index contributed by atoms with van der Waals surface area (Å²) in [6, 6.07) is 10.1. The number of aromatic nitrogens is 1. The summed E-state index contributed by atoms with van der Waals surface area (Å²) in [6.07, 6.45) is 9.61. The minimum absolute atomic E-state index is 0.935. The monoisotopic (exact) mass is 276 g/mol. The molecule has 0 spiro atoms. The molecule has 0 aliphatic rings. The summed E-state index contributed by atoms with van der Waals surface area (Å²) in [5.41, 5.74) is 5.36. The second-order valence-electron chi connectivity index (χ2n) is 4.89. The third-order valence-electron chi connectivity index (χ3n) is 3.31. The summed E-state index contributed by atoms with van der Waals surface area (Å²) in [7, 11) is 4.05. The van der Waals surface area contributed by atoms with Gasteiger partial charge in [-0.3, -0.25) is 4.98 Å². The van der Waals surface area contributed by atoms with E-state index in [2.05, 4.69) is 41.3 Å². The maximum atomic E-state index is 4.30. The lowest BCUT2D eigenvalue weighted by Crippen LogP contribution is -2.11. The highest BCUT2D eigenvalue weighted by molar-refractivity contribution is 5.83. The molecular formula is C19H20N2. The first-order valence-corrected chi connectivity index (χ1v) is 6.85. The molecule has 2 aromatic rings. The van der Waals surface area contributed by atoms with Crippen LogP contribution in [0, 0.1) is 0 Å². The second-order valence-corrected chi connectivity index (χ2v) is 4.89. The van der Waals surface area contributed by atoms with Gasteiger partial charge in [-0.25, -0.2) is 0 Å². The summed E-state index contributed by atoms with van der Waals surface area (Å²) in [6.45, 7) is 7.87. The van der Waals surface area contributed by atoms with Crippen LogP contribution >= 0.6 is 0 Å². The standard InChI is InChI=1S/C19H20N2/c1-5-17-15(10-12-16-9-7-8-14-20-16)11-13-19(21(3)4)18(17)6-2/h5-14H,1-2H2,3-4H3/b12-10+. The van der Waals surface area contributed by atoms with Crippen molar-refractivity contribution in [1.29, 1.82) is 0 Å². The average Bonchev–Trinajstić information content (AvgIpc) is 2.52. The molecule has 2 rings (SSSR count). The van der Waals surface area contributed by atoms with Crippen LogP contribution in [0.5, 0.6) is 0 Å². The predicted octanol–water partition coefficient (Wildman–Crippen LogP) is 4.60. The Balaban J connectivity index is 2.47. The average molecular weight is 276 g/mol. The van der Waals surface area contributed by atoms with Gasteiger partial charge < -0.3 is 4.90 Å². The van der Waals surface area contributed by atoms with Gasteiger partial charge in [-0.15, -0.1) is 0 Å². The third-order valence-corrected chi connectivity index (χ3v) is 3.31. The van der Waals surface area contributed by atoms with Crippen molar-refractivity contribution in [3.8, 4) is 0 Å². The van der Waals surface area contributed by atoms with Crippen molar-refractivity contribution in [2.45, 2.75) is 0 Å². The Morgan fingerprint density at radius 2 is 1.71 bits per heavy atom. The highest BCUT2D eigenvalue weighted by Crippen LogP contribution is 2.28. The molecule has 2 nitrogen and oxygen atoms in total. The van der Waals surface area contributed by atoms with Crippen LogP contribution in [0.4, 0.5) is 5.69 Å². The van der Waals surface area contributed by atoms with E-state index in [1.54, 1.807) is 6.20 Å². The molecule has 106 valence electrons. The minimum atomic E-state index is 0.935. The Hall–Kier alpha value is -2.61. The fraction of sp³-hybridized carbons (Fsp3) is 0.105. The van der Waals surface area contributed by atoms with Gasteiger partial charge in [0.15, 0.2) is 0 Å². The number of hydrogen-bond donors (Lipinski definition) is 0. The van der Waals surface area contributed by atoms with Crippen LogP contribution in [0.25, 0.3) is 24.3 Å². The molecule has 0 bridgehead atoms. The van der Waals surface area contributed by atoms with E-state index in [1.807, 2.05) is 50.5 Å². The van der Waals surface area contributed by atoms with E-state index < -0.39 is 0 Å². The molecule has 0 atom stereocenters. The van der Waals surface area contributed by atoms with Gasteiger partial charge >= 0.3 is 0 Å². The minimum Gasteiger partial charge on any atom is -0.377 e. The lowest BCUT2D eigenvalue weighted by molar-refractivity contribution is 1.13. The van der Waals surface area contributed by atoms with Crippen LogP contribution in [0.15, 0.2) is 49.7 Å². The Morgan fingerprint density at radius 3 is 2.29 bits per heavy atom. The fourth-order valence-corrected chi connectivity index (χ4v) is 2.27. The van der Waals surface area contributed by atoms with Gasteiger partial charge in [0.2, 0.25) is 0 Å². The van der Waals surface area contributed by atoms with E-state index in [9.17, 15) is 0 Å². The molecule has 0 N–H and O–H groups in total. The summed E-state index contributed by atoms with van der Waals surface area (Å²) >= 11 is 0. The topological polar surface area (TPSA) is 16.1 Å². The van der Waals surface area contributed by atoms with Gasteiger partial charge in [0.05, 0.1) is 5.69 Å². The third kappa shape index (κ3) is 3.29. The van der Waals surface area contributed by atoms with Crippen LogP contribution in [0.1, 0.15) is 22.4 Å². The van der Waals surface area contributed by atoms with Crippen LogP contribution < -0.4 is 4.90 Å². The molecule has 0 fully saturated rings. The zero-order valence-corrected chi connectivity index (χ0v) is 12.6. The van der Waals surface area contributed by atoms with Crippen LogP contribution in [-0.4, -0.2) is 19.1 Å². The molecule has 0 radical (unpaired) electrons. The van der Waals surface area contributed by atoms with E-state index >= 15 is 0 Å². The lowest BCUT2D eigenvalue weighted by Gasteiger charge is -2.19. The molecule has 0 saturated carbocycles.